The van der Waals surface area contributed by atoms with Gasteiger partial charge >= 0.3 is 0 Å². The number of hydrogen-bond donors (Lipinski definition) is 0. The molecule has 1 heterocycles. The van der Waals surface area contributed by atoms with Crippen molar-refractivity contribution < 1.29 is 4.74 Å². The lowest BCUT2D eigenvalue weighted by Crippen LogP contribution is -2.27. The van der Waals surface area contributed by atoms with Crippen molar-refractivity contribution in [2.75, 3.05) is 0 Å². The summed E-state index contributed by atoms with van der Waals surface area (Å²) in [5.41, 5.74) is 18.4. The van der Waals surface area contributed by atoms with Crippen LogP contribution in [-0.2, 0) is 5.41 Å². The molecule has 0 fully saturated rings. The van der Waals surface area contributed by atoms with E-state index in [1.54, 1.807) is 5.57 Å². The van der Waals surface area contributed by atoms with Crippen LogP contribution in [0.15, 0.2) is 163 Å². The number of benzene rings is 7. The van der Waals surface area contributed by atoms with Crippen LogP contribution in [0.4, 0.5) is 0 Å². The Balaban J connectivity index is 1.10. The molecule has 1 spiro atoms. The van der Waals surface area contributed by atoms with Crippen molar-refractivity contribution in [2.45, 2.75) is 18.3 Å². The largest absolute Gasteiger partial charge is 0.456 e. The molecule has 7 aromatic rings. The smallest absolute Gasteiger partial charge is 0.135 e. The third-order valence-electron chi connectivity index (χ3n) is 11.2. The van der Waals surface area contributed by atoms with Crippen molar-refractivity contribution in [1.82, 2.24) is 0 Å². The second-order valence-electron chi connectivity index (χ2n) is 13.5. The summed E-state index contributed by atoms with van der Waals surface area (Å²) in [5, 5.41) is 2.40. The predicted molar refractivity (Wildman–Crippen MR) is 197 cm³/mol. The highest BCUT2D eigenvalue weighted by atomic mass is 16.5. The Kier molecular flexibility index (Phi) is 5.21. The van der Waals surface area contributed by atoms with Crippen molar-refractivity contribution in [3.63, 3.8) is 0 Å². The summed E-state index contributed by atoms with van der Waals surface area (Å²) in [6.45, 7) is 0. The standard InChI is InChI=1S/C47H30O/c1-5-19-40-33(13-1)34-14-2-6-20-41(34)47(40)42-21-7-3-15-35(42)36-24-23-30(28-43(36)47)29-11-9-12-31(27-29)32-25-26-45-46-38(32)17-10-18-39(46)37-16-4-8-22-44(37)48-45/h1-6,8-20,22-28H,7,21H2. The van der Waals surface area contributed by atoms with Gasteiger partial charge < -0.3 is 4.74 Å². The van der Waals surface area contributed by atoms with Gasteiger partial charge in [-0.3, -0.25) is 0 Å². The van der Waals surface area contributed by atoms with Gasteiger partial charge in [0.1, 0.15) is 11.5 Å². The van der Waals surface area contributed by atoms with Crippen molar-refractivity contribution >= 4 is 16.3 Å². The maximum absolute atomic E-state index is 6.40. The fraction of sp³-hybridized carbons (Fsp3) is 0.0638. The van der Waals surface area contributed by atoms with Crippen LogP contribution in [0, 0.1) is 0 Å². The first kappa shape index (κ1) is 26.2. The number of hydrogen-bond acceptors (Lipinski definition) is 1. The lowest BCUT2D eigenvalue weighted by molar-refractivity contribution is 0.487. The summed E-state index contributed by atoms with van der Waals surface area (Å²) < 4.78 is 6.40. The van der Waals surface area contributed by atoms with E-state index < -0.39 is 0 Å². The summed E-state index contributed by atoms with van der Waals surface area (Å²) in [5.74, 6) is 1.84. The van der Waals surface area contributed by atoms with E-state index in [0.29, 0.717) is 0 Å². The van der Waals surface area contributed by atoms with E-state index in [1.807, 2.05) is 6.07 Å². The molecule has 1 aliphatic heterocycles. The topological polar surface area (TPSA) is 9.23 Å². The molecule has 0 aromatic heterocycles. The van der Waals surface area contributed by atoms with Crippen LogP contribution in [0.3, 0.4) is 0 Å². The van der Waals surface area contributed by atoms with Gasteiger partial charge in [-0.1, -0.05) is 133 Å². The van der Waals surface area contributed by atoms with Crippen LogP contribution in [0.5, 0.6) is 11.5 Å². The van der Waals surface area contributed by atoms with Gasteiger partial charge in [0, 0.05) is 10.9 Å². The molecule has 0 atom stereocenters. The summed E-state index contributed by atoms with van der Waals surface area (Å²) in [4.78, 5) is 0. The summed E-state index contributed by atoms with van der Waals surface area (Å²) in [6.07, 6.45) is 6.90. The quantitative estimate of drug-likeness (QED) is 0.189. The van der Waals surface area contributed by atoms with Gasteiger partial charge in [-0.2, -0.15) is 0 Å². The van der Waals surface area contributed by atoms with Crippen molar-refractivity contribution in [2.24, 2.45) is 0 Å². The number of para-hydroxylation sites is 1. The third-order valence-corrected chi connectivity index (χ3v) is 11.2. The average molecular weight is 611 g/mol. The molecule has 1 nitrogen and oxygen atoms in total. The molecule has 0 bridgehead atoms. The Morgan fingerprint density at radius 3 is 2.00 bits per heavy atom. The maximum Gasteiger partial charge on any atom is 0.135 e. The molecule has 0 amide bonds. The molecular formula is C47H30O. The zero-order chi connectivity index (χ0) is 31.4. The second kappa shape index (κ2) is 9.56. The van der Waals surface area contributed by atoms with Gasteiger partial charge in [0.2, 0.25) is 0 Å². The summed E-state index contributed by atoms with van der Waals surface area (Å²) in [6, 6.07) is 53.9. The van der Waals surface area contributed by atoms with Gasteiger partial charge in [-0.05, 0) is 115 Å². The predicted octanol–water partition coefficient (Wildman–Crippen LogP) is 12.4. The van der Waals surface area contributed by atoms with E-state index in [0.717, 1.165) is 29.9 Å². The van der Waals surface area contributed by atoms with Crippen LogP contribution >= 0.6 is 0 Å². The SMILES string of the molecule is C1=CC2=C(CC1)C1(c3cc(-c4cccc(-c5ccc6c7c(cccc57)-c5ccccc5O6)c4)ccc32)c2ccccc2-c2ccccc21. The third kappa shape index (κ3) is 3.31. The first-order valence-corrected chi connectivity index (χ1v) is 17.0. The Labute approximate surface area is 280 Å². The lowest BCUT2D eigenvalue weighted by Gasteiger charge is -2.33. The number of fused-ring (bicyclic) bond motifs is 11. The van der Waals surface area contributed by atoms with Gasteiger partial charge in [-0.25, -0.2) is 0 Å². The monoisotopic (exact) mass is 610 g/mol. The highest BCUT2D eigenvalue weighted by Gasteiger charge is 2.52. The first-order chi connectivity index (χ1) is 23.8. The number of ether oxygens (including phenoxy) is 1. The van der Waals surface area contributed by atoms with Crippen molar-refractivity contribution in [1.29, 1.82) is 0 Å². The molecule has 0 saturated carbocycles. The lowest BCUT2D eigenvalue weighted by atomic mass is 9.68. The molecule has 0 saturated heterocycles. The first-order valence-electron chi connectivity index (χ1n) is 17.0. The van der Waals surface area contributed by atoms with Crippen LogP contribution < -0.4 is 4.74 Å². The van der Waals surface area contributed by atoms with E-state index in [9.17, 15) is 0 Å². The fourth-order valence-corrected chi connectivity index (χ4v) is 9.29. The van der Waals surface area contributed by atoms with E-state index >= 15 is 0 Å². The molecular weight excluding hydrogens is 581 g/mol. The zero-order valence-electron chi connectivity index (χ0n) is 26.3. The Morgan fingerprint density at radius 2 is 1.15 bits per heavy atom. The van der Waals surface area contributed by atoms with Crippen LogP contribution in [0.1, 0.15) is 35.1 Å². The molecule has 48 heavy (non-hydrogen) atoms. The highest BCUT2D eigenvalue weighted by molar-refractivity contribution is 6.10. The van der Waals surface area contributed by atoms with E-state index in [2.05, 4.69) is 152 Å². The molecule has 0 radical (unpaired) electrons. The Bertz CT molecular complexity index is 2550. The highest BCUT2D eigenvalue weighted by Crippen LogP contribution is 2.63. The zero-order valence-corrected chi connectivity index (χ0v) is 26.3. The van der Waals surface area contributed by atoms with E-state index in [1.165, 1.54) is 77.5 Å². The normalized spacial score (nSPS) is 15.5. The second-order valence-corrected chi connectivity index (χ2v) is 13.5. The number of rotatable bonds is 2. The molecule has 4 aliphatic rings. The van der Waals surface area contributed by atoms with Crippen molar-refractivity contribution in [3.05, 3.63) is 186 Å². The minimum Gasteiger partial charge on any atom is -0.456 e. The molecule has 224 valence electrons. The van der Waals surface area contributed by atoms with E-state index in [-0.39, 0.29) is 5.41 Å². The molecule has 3 aliphatic carbocycles. The Morgan fingerprint density at radius 1 is 0.458 bits per heavy atom. The maximum atomic E-state index is 6.40. The summed E-state index contributed by atoms with van der Waals surface area (Å²) >= 11 is 0. The van der Waals surface area contributed by atoms with Gasteiger partial charge in [0.05, 0.1) is 5.41 Å². The molecule has 0 N–H and O–H groups in total. The minimum atomic E-state index is -0.261. The van der Waals surface area contributed by atoms with Gasteiger partial charge in [0.15, 0.2) is 0 Å². The van der Waals surface area contributed by atoms with E-state index in [4.69, 9.17) is 4.74 Å². The van der Waals surface area contributed by atoms with Crippen molar-refractivity contribution in [3.8, 4) is 56.0 Å². The Hall–Kier alpha value is -5.92. The van der Waals surface area contributed by atoms with Gasteiger partial charge in [-0.15, -0.1) is 0 Å². The molecule has 11 rings (SSSR count). The van der Waals surface area contributed by atoms with Crippen LogP contribution in [0.25, 0.3) is 60.9 Å². The van der Waals surface area contributed by atoms with Crippen LogP contribution in [-0.4, -0.2) is 0 Å². The average Bonchev–Trinajstić information content (AvgIpc) is 3.62. The van der Waals surface area contributed by atoms with Gasteiger partial charge in [0.25, 0.3) is 0 Å². The summed E-state index contributed by atoms with van der Waals surface area (Å²) in [7, 11) is 0. The molecule has 7 aromatic carbocycles. The number of allylic oxidation sites excluding steroid dienone is 4. The van der Waals surface area contributed by atoms with Crippen LogP contribution in [0.2, 0.25) is 0 Å². The minimum absolute atomic E-state index is 0.261. The molecule has 1 heteroatoms. The fourth-order valence-electron chi connectivity index (χ4n) is 9.29. The molecule has 0 unspecified atom stereocenters.